The lowest BCUT2D eigenvalue weighted by atomic mass is 10.1. The first-order chi connectivity index (χ1) is 9.29. The topological polar surface area (TPSA) is 50.7 Å². The fraction of sp³-hybridized carbons (Fsp3) is 0.200. The van der Waals surface area contributed by atoms with Crippen LogP contribution in [0.15, 0.2) is 47.7 Å². The molecule has 3 rings (SSSR count). The van der Waals surface area contributed by atoms with Crippen molar-refractivity contribution in [2.24, 2.45) is 0 Å². The van der Waals surface area contributed by atoms with Crippen molar-refractivity contribution in [2.75, 3.05) is 0 Å². The number of fused-ring (bicyclic) bond motifs is 1. The number of hydrogen-bond donors (Lipinski definition) is 1. The summed E-state index contributed by atoms with van der Waals surface area (Å²) in [7, 11) is 0. The molecule has 0 aliphatic heterocycles. The van der Waals surface area contributed by atoms with Gasteiger partial charge in [0.15, 0.2) is 0 Å². The molecule has 0 saturated carbocycles. The molecule has 96 valence electrons. The van der Waals surface area contributed by atoms with Gasteiger partial charge in [0.2, 0.25) is 0 Å². The second-order valence-corrected chi connectivity index (χ2v) is 4.54. The monoisotopic (exact) mass is 253 g/mol. The van der Waals surface area contributed by atoms with Gasteiger partial charge in [0.05, 0.1) is 0 Å². The number of H-pyrrole nitrogens is 1. The summed E-state index contributed by atoms with van der Waals surface area (Å²) in [4.78, 5) is 18.9. The predicted octanol–water partition coefficient (Wildman–Crippen LogP) is 2.67. The number of aromatic nitrogens is 3. The van der Waals surface area contributed by atoms with Gasteiger partial charge >= 0.3 is 0 Å². The molecule has 0 atom stereocenters. The summed E-state index contributed by atoms with van der Waals surface area (Å²) in [6.07, 6.45) is 7.37. The first-order valence-corrected chi connectivity index (χ1v) is 6.43. The number of benzene rings is 1. The van der Waals surface area contributed by atoms with E-state index < -0.39 is 0 Å². The molecule has 0 spiro atoms. The third-order valence-corrected chi connectivity index (χ3v) is 3.23. The van der Waals surface area contributed by atoms with Gasteiger partial charge in [0, 0.05) is 36.1 Å². The lowest BCUT2D eigenvalue weighted by Crippen LogP contribution is -2.06. The normalized spacial score (nSPS) is 11.0. The molecule has 0 fully saturated rings. The van der Waals surface area contributed by atoms with Gasteiger partial charge in [0.25, 0.3) is 5.56 Å². The van der Waals surface area contributed by atoms with E-state index >= 15 is 0 Å². The van der Waals surface area contributed by atoms with Crippen molar-refractivity contribution in [1.82, 2.24) is 14.5 Å². The van der Waals surface area contributed by atoms with Crippen LogP contribution in [0.4, 0.5) is 0 Å². The van der Waals surface area contributed by atoms with E-state index in [-0.39, 0.29) is 5.56 Å². The lowest BCUT2D eigenvalue weighted by Gasteiger charge is -2.08. The van der Waals surface area contributed by atoms with Crippen molar-refractivity contribution < 1.29 is 0 Å². The van der Waals surface area contributed by atoms with Crippen molar-refractivity contribution in [3.63, 3.8) is 0 Å². The van der Waals surface area contributed by atoms with Crippen LogP contribution in [0.25, 0.3) is 16.5 Å². The average molecular weight is 253 g/mol. The second kappa shape index (κ2) is 4.72. The Labute approximate surface area is 110 Å². The van der Waals surface area contributed by atoms with Crippen LogP contribution in [0.5, 0.6) is 0 Å². The highest BCUT2D eigenvalue weighted by atomic mass is 16.1. The summed E-state index contributed by atoms with van der Waals surface area (Å²) < 4.78 is 2.04. The van der Waals surface area contributed by atoms with E-state index in [0.717, 1.165) is 29.7 Å². The maximum atomic E-state index is 11.8. The predicted molar refractivity (Wildman–Crippen MR) is 75.7 cm³/mol. The Balaban J connectivity index is 2.17. The van der Waals surface area contributed by atoms with Crippen LogP contribution in [-0.4, -0.2) is 14.5 Å². The van der Waals surface area contributed by atoms with Crippen molar-refractivity contribution in [1.29, 1.82) is 0 Å². The molecule has 3 aromatic rings. The van der Waals surface area contributed by atoms with E-state index in [0.29, 0.717) is 5.39 Å². The maximum Gasteiger partial charge on any atom is 0.255 e. The van der Waals surface area contributed by atoms with E-state index in [1.54, 1.807) is 12.4 Å². The highest BCUT2D eigenvalue weighted by Crippen LogP contribution is 2.17. The Hall–Kier alpha value is -2.36. The largest absolute Gasteiger partial charge is 0.329 e. The minimum Gasteiger partial charge on any atom is -0.329 e. The van der Waals surface area contributed by atoms with Crippen molar-refractivity contribution in [3.05, 3.63) is 59.0 Å². The van der Waals surface area contributed by atoms with Gasteiger partial charge in [-0.1, -0.05) is 13.0 Å². The van der Waals surface area contributed by atoms with Gasteiger partial charge < -0.3 is 9.55 Å². The van der Waals surface area contributed by atoms with Crippen molar-refractivity contribution in [3.8, 4) is 5.69 Å². The summed E-state index contributed by atoms with van der Waals surface area (Å²) in [6.45, 7) is 2.13. The molecule has 0 unspecified atom stereocenters. The Bertz CT molecular complexity index is 770. The number of aryl methyl sites for hydroxylation is 1. The lowest BCUT2D eigenvalue weighted by molar-refractivity contribution is 0.809. The van der Waals surface area contributed by atoms with Gasteiger partial charge in [-0.05, 0) is 30.0 Å². The SMILES string of the molecule is CCCc1nccn1-c1ccc2cc[nH]c(=O)c2c1. The van der Waals surface area contributed by atoms with Gasteiger partial charge in [-0.15, -0.1) is 0 Å². The number of nitrogens with zero attached hydrogens (tertiary/aromatic N) is 2. The molecule has 2 aromatic heterocycles. The quantitative estimate of drug-likeness (QED) is 0.780. The number of hydrogen-bond acceptors (Lipinski definition) is 2. The molecule has 4 nitrogen and oxygen atoms in total. The van der Waals surface area contributed by atoms with Crippen molar-refractivity contribution in [2.45, 2.75) is 19.8 Å². The molecule has 0 radical (unpaired) electrons. The molecule has 0 aliphatic carbocycles. The molecular formula is C15H15N3O. The average Bonchev–Trinajstić information content (AvgIpc) is 2.88. The van der Waals surface area contributed by atoms with E-state index in [4.69, 9.17) is 0 Å². The molecule has 19 heavy (non-hydrogen) atoms. The summed E-state index contributed by atoms with van der Waals surface area (Å²) in [6, 6.07) is 7.80. The van der Waals surface area contributed by atoms with E-state index in [1.165, 1.54) is 0 Å². The zero-order valence-electron chi connectivity index (χ0n) is 10.8. The van der Waals surface area contributed by atoms with Crippen LogP contribution in [0.3, 0.4) is 0 Å². The third kappa shape index (κ3) is 2.05. The summed E-state index contributed by atoms with van der Waals surface area (Å²) in [5.41, 5.74) is 0.918. The van der Waals surface area contributed by atoms with Gasteiger partial charge in [0.1, 0.15) is 5.82 Å². The van der Waals surface area contributed by atoms with Crippen LogP contribution in [0, 0.1) is 0 Å². The van der Waals surface area contributed by atoms with Crippen LogP contribution < -0.4 is 5.56 Å². The number of aromatic amines is 1. The minimum absolute atomic E-state index is 0.0588. The van der Waals surface area contributed by atoms with Crippen molar-refractivity contribution >= 4 is 10.8 Å². The second-order valence-electron chi connectivity index (χ2n) is 4.54. The fourth-order valence-electron chi connectivity index (χ4n) is 2.30. The van der Waals surface area contributed by atoms with E-state index in [1.807, 2.05) is 35.0 Å². The maximum absolute atomic E-state index is 11.8. The first kappa shape index (κ1) is 11.7. The van der Waals surface area contributed by atoms with Gasteiger partial charge in [-0.2, -0.15) is 0 Å². The molecule has 1 aromatic carbocycles. The smallest absolute Gasteiger partial charge is 0.255 e. The molecule has 2 heterocycles. The molecule has 1 N–H and O–H groups in total. The molecule has 0 saturated heterocycles. The highest BCUT2D eigenvalue weighted by Gasteiger charge is 2.06. The zero-order valence-corrected chi connectivity index (χ0v) is 10.8. The fourth-order valence-corrected chi connectivity index (χ4v) is 2.30. The minimum atomic E-state index is -0.0588. The summed E-state index contributed by atoms with van der Waals surface area (Å²) >= 11 is 0. The van der Waals surface area contributed by atoms with Crippen LogP contribution in [-0.2, 0) is 6.42 Å². The Morgan fingerprint density at radius 3 is 3.05 bits per heavy atom. The number of imidazole rings is 1. The Kier molecular flexibility index (Phi) is 2.91. The standard InChI is InChI=1S/C15H15N3O/c1-2-3-14-16-8-9-18(14)12-5-4-11-6-7-17-15(19)13(11)10-12/h4-10H,2-3H2,1H3,(H,17,19). The Morgan fingerprint density at radius 1 is 1.32 bits per heavy atom. The third-order valence-electron chi connectivity index (χ3n) is 3.23. The molecule has 0 bridgehead atoms. The molecule has 0 amide bonds. The highest BCUT2D eigenvalue weighted by molar-refractivity contribution is 5.83. The van der Waals surface area contributed by atoms with Gasteiger partial charge in [-0.25, -0.2) is 4.98 Å². The molecule has 4 heteroatoms. The summed E-state index contributed by atoms with van der Waals surface area (Å²) in [5, 5.41) is 1.65. The van der Waals surface area contributed by atoms with Crippen LogP contribution in [0.2, 0.25) is 0 Å². The van der Waals surface area contributed by atoms with E-state index in [2.05, 4.69) is 16.9 Å². The zero-order chi connectivity index (χ0) is 13.2. The Morgan fingerprint density at radius 2 is 2.21 bits per heavy atom. The van der Waals surface area contributed by atoms with Gasteiger partial charge in [-0.3, -0.25) is 4.79 Å². The van der Waals surface area contributed by atoms with Crippen LogP contribution in [0.1, 0.15) is 19.2 Å². The number of nitrogens with one attached hydrogen (secondary N) is 1. The van der Waals surface area contributed by atoms with Crippen LogP contribution >= 0.6 is 0 Å². The number of rotatable bonds is 3. The first-order valence-electron chi connectivity index (χ1n) is 6.43. The molecular weight excluding hydrogens is 238 g/mol. The number of pyridine rings is 1. The van der Waals surface area contributed by atoms with E-state index in [9.17, 15) is 4.79 Å². The molecule has 0 aliphatic rings. The summed E-state index contributed by atoms with van der Waals surface area (Å²) in [5.74, 6) is 1.02.